The molecule has 0 aliphatic heterocycles. The topological polar surface area (TPSA) is 29.5 Å². The molecular formula is C12H14F2O2. The van der Waals surface area contributed by atoms with Crippen LogP contribution in [-0.4, -0.2) is 11.7 Å². The van der Waals surface area contributed by atoms with Gasteiger partial charge in [0.05, 0.1) is 6.10 Å². The van der Waals surface area contributed by atoms with Crippen molar-refractivity contribution in [1.82, 2.24) is 0 Å². The molecule has 0 fully saturated rings. The van der Waals surface area contributed by atoms with Gasteiger partial charge in [-0.05, 0) is 31.0 Å². The van der Waals surface area contributed by atoms with E-state index < -0.39 is 12.7 Å². The van der Waals surface area contributed by atoms with Gasteiger partial charge in [-0.2, -0.15) is 8.78 Å². The molecule has 0 heterocycles. The fourth-order valence-corrected chi connectivity index (χ4v) is 1.32. The Bertz CT molecular complexity index is 347. The van der Waals surface area contributed by atoms with Gasteiger partial charge < -0.3 is 9.84 Å². The van der Waals surface area contributed by atoms with E-state index in [0.29, 0.717) is 12.0 Å². The zero-order valence-electron chi connectivity index (χ0n) is 8.99. The highest BCUT2D eigenvalue weighted by atomic mass is 19.3. The summed E-state index contributed by atoms with van der Waals surface area (Å²) >= 11 is 0. The van der Waals surface area contributed by atoms with Crippen LogP contribution in [0, 0.1) is 0 Å². The molecule has 1 rings (SSSR count). The Labute approximate surface area is 93.2 Å². The first-order chi connectivity index (χ1) is 7.49. The summed E-state index contributed by atoms with van der Waals surface area (Å²) in [6, 6.07) is 5.93. The minimum absolute atomic E-state index is 0.0845. The van der Waals surface area contributed by atoms with Crippen molar-refractivity contribution >= 4 is 0 Å². The molecule has 88 valence electrons. The third-order valence-corrected chi connectivity index (χ3v) is 2.03. The molecule has 1 atom stereocenters. The molecule has 1 N–H and O–H groups in total. The van der Waals surface area contributed by atoms with Gasteiger partial charge in [-0.15, -0.1) is 6.58 Å². The van der Waals surface area contributed by atoms with Crippen LogP contribution in [0.2, 0.25) is 0 Å². The standard InChI is InChI=1S/C12H14F2O2/c1-8(2)7-11(15)9-3-5-10(6-4-9)16-12(13)14/h3-6,11-12,15H,1,7H2,2H3. The molecule has 0 aliphatic carbocycles. The average Bonchev–Trinajstić information content (AvgIpc) is 2.16. The SMILES string of the molecule is C=C(C)CC(O)c1ccc(OC(F)F)cc1. The normalized spacial score (nSPS) is 12.6. The summed E-state index contributed by atoms with van der Waals surface area (Å²) in [6.45, 7) is 2.68. The van der Waals surface area contributed by atoms with Crippen LogP contribution in [0.3, 0.4) is 0 Å². The first-order valence-corrected chi connectivity index (χ1v) is 4.86. The molecule has 1 aromatic rings. The number of alkyl halides is 2. The van der Waals surface area contributed by atoms with Crippen molar-refractivity contribution in [1.29, 1.82) is 0 Å². The lowest BCUT2D eigenvalue weighted by atomic mass is 10.0. The Kier molecular flexibility index (Phi) is 4.43. The van der Waals surface area contributed by atoms with Crippen molar-refractivity contribution in [3.8, 4) is 5.75 Å². The second-order valence-electron chi connectivity index (χ2n) is 3.62. The molecule has 0 spiro atoms. The van der Waals surface area contributed by atoms with Gasteiger partial charge in [0, 0.05) is 0 Å². The Hall–Kier alpha value is -1.42. The van der Waals surface area contributed by atoms with Crippen molar-refractivity contribution in [2.24, 2.45) is 0 Å². The lowest BCUT2D eigenvalue weighted by molar-refractivity contribution is -0.0498. The molecule has 0 bridgehead atoms. The number of ether oxygens (including phenoxy) is 1. The number of aliphatic hydroxyl groups excluding tert-OH is 1. The number of benzene rings is 1. The maximum Gasteiger partial charge on any atom is 0.387 e. The third kappa shape index (κ3) is 3.98. The summed E-state index contributed by atoms with van der Waals surface area (Å²) in [7, 11) is 0. The molecule has 0 saturated carbocycles. The van der Waals surface area contributed by atoms with Gasteiger partial charge in [-0.3, -0.25) is 0 Å². The number of halogens is 2. The first-order valence-electron chi connectivity index (χ1n) is 4.86. The Morgan fingerprint density at radius 3 is 2.38 bits per heavy atom. The largest absolute Gasteiger partial charge is 0.435 e. The Balaban J connectivity index is 2.66. The molecule has 16 heavy (non-hydrogen) atoms. The van der Waals surface area contributed by atoms with Crippen LogP contribution < -0.4 is 4.74 Å². The van der Waals surface area contributed by atoms with E-state index in [1.54, 1.807) is 12.1 Å². The highest BCUT2D eigenvalue weighted by molar-refractivity contribution is 5.29. The molecule has 0 aromatic heterocycles. The van der Waals surface area contributed by atoms with E-state index in [4.69, 9.17) is 0 Å². The van der Waals surface area contributed by atoms with Crippen LogP contribution in [0.1, 0.15) is 25.0 Å². The molecule has 4 heteroatoms. The fraction of sp³-hybridized carbons (Fsp3) is 0.333. The van der Waals surface area contributed by atoms with Crippen LogP contribution >= 0.6 is 0 Å². The van der Waals surface area contributed by atoms with Gasteiger partial charge in [0.15, 0.2) is 0 Å². The van der Waals surface area contributed by atoms with Gasteiger partial charge in [-0.25, -0.2) is 0 Å². The van der Waals surface area contributed by atoms with E-state index in [1.807, 2.05) is 6.92 Å². The third-order valence-electron chi connectivity index (χ3n) is 2.03. The molecule has 1 unspecified atom stereocenters. The van der Waals surface area contributed by atoms with Gasteiger partial charge in [0.1, 0.15) is 5.75 Å². The monoisotopic (exact) mass is 228 g/mol. The zero-order chi connectivity index (χ0) is 12.1. The van der Waals surface area contributed by atoms with E-state index in [9.17, 15) is 13.9 Å². The predicted molar refractivity (Wildman–Crippen MR) is 57.5 cm³/mol. The van der Waals surface area contributed by atoms with Crippen LogP contribution in [0.25, 0.3) is 0 Å². The maximum atomic E-state index is 11.9. The molecule has 0 saturated heterocycles. The van der Waals surface area contributed by atoms with Gasteiger partial charge in [0.25, 0.3) is 0 Å². The van der Waals surface area contributed by atoms with Crippen molar-refractivity contribution in [2.75, 3.05) is 0 Å². The Morgan fingerprint density at radius 2 is 1.94 bits per heavy atom. The van der Waals surface area contributed by atoms with E-state index in [2.05, 4.69) is 11.3 Å². The summed E-state index contributed by atoms with van der Waals surface area (Å²) < 4.78 is 27.9. The minimum atomic E-state index is -2.83. The van der Waals surface area contributed by atoms with Crippen LogP contribution in [0.4, 0.5) is 8.78 Å². The van der Waals surface area contributed by atoms with Gasteiger partial charge in [0.2, 0.25) is 0 Å². The van der Waals surface area contributed by atoms with Crippen molar-refractivity contribution in [3.63, 3.8) is 0 Å². The Morgan fingerprint density at radius 1 is 1.38 bits per heavy atom. The molecule has 0 aliphatic rings. The molecule has 1 aromatic carbocycles. The average molecular weight is 228 g/mol. The van der Waals surface area contributed by atoms with E-state index >= 15 is 0 Å². The number of hydrogen-bond donors (Lipinski definition) is 1. The molecular weight excluding hydrogens is 214 g/mol. The lowest BCUT2D eigenvalue weighted by Gasteiger charge is -2.11. The lowest BCUT2D eigenvalue weighted by Crippen LogP contribution is -2.02. The van der Waals surface area contributed by atoms with E-state index in [0.717, 1.165) is 5.57 Å². The van der Waals surface area contributed by atoms with E-state index in [-0.39, 0.29) is 5.75 Å². The summed E-state index contributed by atoms with van der Waals surface area (Å²) in [5, 5.41) is 9.71. The summed E-state index contributed by atoms with van der Waals surface area (Å²) in [6.07, 6.45) is -0.201. The molecule has 0 amide bonds. The van der Waals surface area contributed by atoms with Gasteiger partial charge >= 0.3 is 6.61 Å². The second kappa shape index (κ2) is 5.61. The van der Waals surface area contributed by atoms with Crippen molar-refractivity contribution in [3.05, 3.63) is 42.0 Å². The quantitative estimate of drug-likeness (QED) is 0.783. The summed E-state index contributed by atoms with van der Waals surface area (Å²) in [5.41, 5.74) is 1.52. The fourth-order valence-electron chi connectivity index (χ4n) is 1.32. The molecule has 2 nitrogen and oxygen atoms in total. The van der Waals surface area contributed by atoms with Gasteiger partial charge in [-0.1, -0.05) is 17.7 Å². The highest BCUT2D eigenvalue weighted by Gasteiger charge is 2.09. The van der Waals surface area contributed by atoms with Crippen LogP contribution in [0.5, 0.6) is 5.75 Å². The highest BCUT2D eigenvalue weighted by Crippen LogP contribution is 2.23. The second-order valence-corrected chi connectivity index (χ2v) is 3.62. The first kappa shape index (κ1) is 12.6. The smallest absolute Gasteiger partial charge is 0.387 e. The molecule has 0 radical (unpaired) electrons. The predicted octanol–water partition coefficient (Wildman–Crippen LogP) is 3.29. The zero-order valence-corrected chi connectivity index (χ0v) is 8.99. The summed E-state index contributed by atoms with van der Waals surface area (Å²) in [4.78, 5) is 0. The van der Waals surface area contributed by atoms with Crippen molar-refractivity contribution < 1.29 is 18.6 Å². The minimum Gasteiger partial charge on any atom is -0.435 e. The van der Waals surface area contributed by atoms with Crippen LogP contribution in [-0.2, 0) is 0 Å². The maximum absolute atomic E-state index is 11.9. The van der Waals surface area contributed by atoms with Crippen molar-refractivity contribution in [2.45, 2.75) is 26.1 Å². The van der Waals surface area contributed by atoms with Crippen LogP contribution in [0.15, 0.2) is 36.4 Å². The number of rotatable bonds is 5. The number of hydrogen-bond acceptors (Lipinski definition) is 2. The summed E-state index contributed by atoms with van der Waals surface area (Å²) in [5.74, 6) is 0.0845. The number of aliphatic hydroxyl groups is 1. The van der Waals surface area contributed by atoms with E-state index in [1.165, 1.54) is 12.1 Å².